The predicted octanol–water partition coefficient (Wildman–Crippen LogP) is 2.48. The predicted molar refractivity (Wildman–Crippen MR) is 89.2 cm³/mol. The number of hydrogen-bond acceptors (Lipinski definition) is 3. The van der Waals surface area contributed by atoms with Gasteiger partial charge in [-0.25, -0.2) is 0 Å². The standard InChI is InChI=1S/C18H28N2O/c1-16(2)20-13-12-19(15-18(20)10-14-21)11-6-9-17-7-4-3-5-8-17/h3-9,16,18,21H,10-15H2,1-2H3. The lowest BCUT2D eigenvalue weighted by atomic mass is 10.1. The molecule has 1 fully saturated rings. The maximum atomic E-state index is 9.27. The Kier molecular flexibility index (Phi) is 6.43. The van der Waals surface area contributed by atoms with Gasteiger partial charge in [-0.3, -0.25) is 9.80 Å². The van der Waals surface area contributed by atoms with E-state index in [4.69, 9.17) is 0 Å². The zero-order valence-corrected chi connectivity index (χ0v) is 13.3. The van der Waals surface area contributed by atoms with E-state index in [9.17, 15) is 5.11 Å². The Morgan fingerprint density at radius 2 is 2.00 bits per heavy atom. The van der Waals surface area contributed by atoms with Crippen LogP contribution in [0.5, 0.6) is 0 Å². The summed E-state index contributed by atoms with van der Waals surface area (Å²) in [6.45, 7) is 9.02. The molecular formula is C18H28N2O. The average molecular weight is 288 g/mol. The van der Waals surface area contributed by atoms with Crippen LogP contribution in [0.1, 0.15) is 25.8 Å². The van der Waals surface area contributed by atoms with Crippen LogP contribution in [0.2, 0.25) is 0 Å². The third-order valence-electron chi connectivity index (χ3n) is 4.21. The van der Waals surface area contributed by atoms with Crippen molar-refractivity contribution in [3.8, 4) is 0 Å². The highest BCUT2D eigenvalue weighted by Gasteiger charge is 2.27. The summed E-state index contributed by atoms with van der Waals surface area (Å²) in [7, 11) is 0. The van der Waals surface area contributed by atoms with Gasteiger partial charge in [0.25, 0.3) is 0 Å². The van der Waals surface area contributed by atoms with Crippen LogP contribution in [-0.2, 0) is 0 Å². The van der Waals surface area contributed by atoms with Crippen LogP contribution in [0.15, 0.2) is 36.4 Å². The largest absolute Gasteiger partial charge is 0.396 e. The molecule has 0 amide bonds. The van der Waals surface area contributed by atoms with E-state index in [0.29, 0.717) is 12.1 Å². The molecule has 1 heterocycles. The van der Waals surface area contributed by atoms with E-state index >= 15 is 0 Å². The number of benzene rings is 1. The Morgan fingerprint density at radius 1 is 1.24 bits per heavy atom. The Labute approximate surface area is 128 Å². The number of piperazine rings is 1. The van der Waals surface area contributed by atoms with E-state index < -0.39 is 0 Å². The van der Waals surface area contributed by atoms with Crippen LogP contribution in [0, 0.1) is 0 Å². The van der Waals surface area contributed by atoms with E-state index in [1.807, 2.05) is 6.07 Å². The van der Waals surface area contributed by atoms with E-state index in [-0.39, 0.29) is 6.61 Å². The van der Waals surface area contributed by atoms with Crippen molar-refractivity contribution in [1.29, 1.82) is 0 Å². The molecular weight excluding hydrogens is 260 g/mol. The second-order valence-corrected chi connectivity index (χ2v) is 6.07. The molecule has 21 heavy (non-hydrogen) atoms. The summed E-state index contributed by atoms with van der Waals surface area (Å²) in [5.41, 5.74) is 1.25. The van der Waals surface area contributed by atoms with Crippen molar-refractivity contribution in [2.24, 2.45) is 0 Å². The minimum absolute atomic E-state index is 0.279. The molecule has 0 aliphatic carbocycles. The highest BCUT2D eigenvalue weighted by molar-refractivity contribution is 5.48. The summed E-state index contributed by atoms with van der Waals surface area (Å²) in [5.74, 6) is 0. The van der Waals surface area contributed by atoms with Crippen LogP contribution in [-0.4, -0.2) is 59.8 Å². The second kappa shape index (κ2) is 8.32. The zero-order valence-electron chi connectivity index (χ0n) is 13.3. The molecule has 1 aliphatic heterocycles. The van der Waals surface area contributed by atoms with E-state index in [2.05, 4.69) is 60.1 Å². The minimum atomic E-state index is 0.279. The maximum Gasteiger partial charge on any atom is 0.0446 e. The fraction of sp³-hybridized carbons (Fsp3) is 0.556. The van der Waals surface area contributed by atoms with E-state index in [1.165, 1.54) is 5.56 Å². The van der Waals surface area contributed by atoms with Gasteiger partial charge in [0.2, 0.25) is 0 Å². The molecule has 1 aromatic carbocycles. The Hall–Kier alpha value is -1.16. The topological polar surface area (TPSA) is 26.7 Å². The van der Waals surface area contributed by atoms with Gasteiger partial charge in [0.15, 0.2) is 0 Å². The maximum absolute atomic E-state index is 9.27. The molecule has 1 aromatic rings. The molecule has 2 rings (SSSR count). The summed E-state index contributed by atoms with van der Waals surface area (Å²) < 4.78 is 0. The van der Waals surface area contributed by atoms with E-state index in [1.54, 1.807) is 0 Å². The van der Waals surface area contributed by atoms with Crippen LogP contribution in [0.3, 0.4) is 0 Å². The lowest BCUT2D eigenvalue weighted by molar-refractivity contribution is 0.0435. The van der Waals surface area contributed by atoms with Crippen molar-refractivity contribution in [2.75, 3.05) is 32.8 Å². The summed E-state index contributed by atoms with van der Waals surface area (Å²) in [6.07, 6.45) is 5.31. The third kappa shape index (κ3) is 4.95. The van der Waals surface area contributed by atoms with Gasteiger partial charge in [0, 0.05) is 44.9 Å². The Morgan fingerprint density at radius 3 is 2.67 bits per heavy atom. The number of nitrogens with zero attached hydrogens (tertiary/aromatic N) is 2. The van der Waals surface area contributed by atoms with Gasteiger partial charge in [-0.15, -0.1) is 0 Å². The van der Waals surface area contributed by atoms with Gasteiger partial charge in [-0.05, 0) is 25.8 Å². The van der Waals surface area contributed by atoms with Gasteiger partial charge in [0.1, 0.15) is 0 Å². The zero-order chi connectivity index (χ0) is 15.1. The van der Waals surface area contributed by atoms with Gasteiger partial charge < -0.3 is 5.11 Å². The highest BCUT2D eigenvalue weighted by Crippen LogP contribution is 2.16. The molecule has 1 unspecified atom stereocenters. The molecule has 0 aromatic heterocycles. The first-order chi connectivity index (χ1) is 10.2. The Balaban J connectivity index is 1.86. The molecule has 1 aliphatic rings. The molecule has 0 radical (unpaired) electrons. The molecule has 3 nitrogen and oxygen atoms in total. The van der Waals surface area contributed by atoms with Crippen molar-refractivity contribution in [2.45, 2.75) is 32.4 Å². The molecule has 0 bridgehead atoms. The lowest BCUT2D eigenvalue weighted by Crippen LogP contribution is -2.55. The third-order valence-corrected chi connectivity index (χ3v) is 4.21. The van der Waals surface area contributed by atoms with Gasteiger partial charge >= 0.3 is 0 Å². The smallest absolute Gasteiger partial charge is 0.0446 e. The van der Waals surface area contributed by atoms with Crippen molar-refractivity contribution in [3.05, 3.63) is 42.0 Å². The Bertz CT molecular complexity index is 430. The SMILES string of the molecule is CC(C)N1CCN(CC=Cc2ccccc2)CC1CCO. The fourth-order valence-electron chi connectivity index (χ4n) is 3.09. The fourth-order valence-corrected chi connectivity index (χ4v) is 3.09. The van der Waals surface area contributed by atoms with Crippen molar-refractivity contribution in [3.63, 3.8) is 0 Å². The first-order valence-electron chi connectivity index (χ1n) is 8.01. The van der Waals surface area contributed by atoms with Crippen molar-refractivity contribution >= 4 is 6.08 Å². The summed E-state index contributed by atoms with van der Waals surface area (Å²) >= 11 is 0. The molecule has 3 heteroatoms. The molecule has 1 saturated heterocycles. The van der Waals surface area contributed by atoms with E-state index in [0.717, 1.165) is 32.6 Å². The monoisotopic (exact) mass is 288 g/mol. The normalized spacial score (nSPS) is 21.4. The van der Waals surface area contributed by atoms with Crippen LogP contribution in [0.25, 0.3) is 6.08 Å². The molecule has 116 valence electrons. The van der Waals surface area contributed by atoms with Crippen molar-refractivity contribution in [1.82, 2.24) is 9.80 Å². The average Bonchev–Trinajstić information content (AvgIpc) is 2.49. The minimum Gasteiger partial charge on any atom is -0.396 e. The van der Waals surface area contributed by atoms with Crippen LogP contribution in [0.4, 0.5) is 0 Å². The first kappa shape index (κ1) is 16.2. The van der Waals surface area contributed by atoms with Crippen LogP contribution < -0.4 is 0 Å². The summed E-state index contributed by atoms with van der Waals surface area (Å²) in [4.78, 5) is 5.01. The molecule has 0 spiro atoms. The first-order valence-corrected chi connectivity index (χ1v) is 8.01. The number of rotatable bonds is 6. The summed E-state index contributed by atoms with van der Waals surface area (Å²) in [5, 5.41) is 9.27. The lowest BCUT2D eigenvalue weighted by Gasteiger charge is -2.43. The van der Waals surface area contributed by atoms with Crippen molar-refractivity contribution < 1.29 is 5.11 Å². The quantitative estimate of drug-likeness (QED) is 0.871. The number of hydrogen-bond donors (Lipinski definition) is 1. The summed E-state index contributed by atoms with van der Waals surface area (Å²) in [6, 6.07) is 11.5. The van der Waals surface area contributed by atoms with Gasteiger partial charge in [-0.2, -0.15) is 0 Å². The highest BCUT2D eigenvalue weighted by atomic mass is 16.3. The van der Waals surface area contributed by atoms with Crippen LogP contribution >= 0.6 is 0 Å². The number of aliphatic hydroxyl groups excluding tert-OH is 1. The van der Waals surface area contributed by atoms with Gasteiger partial charge in [-0.1, -0.05) is 42.5 Å². The molecule has 0 saturated carbocycles. The van der Waals surface area contributed by atoms with Gasteiger partial charge in [0.05, 0.1) is 0 Å². The number of aliphatic hydroxyl groups is 1. The second-order valence-electron chi connectivity index (χ2n) is 6.07. The molecule has 1 N–H and O–H groups in total. The molecule has 1 atom stereocenters.